The summed E-state index contributed by atoms with van der Waals surface area (Å²) in [5.41, 5.74) is 1.81. The van der Waals surface area contributed by atoms with Crippen LogP contribution < -0.4 is 24.8 Å². The molecule has 3 rings (SSSR count). The number of amides is 2. The van der Waals surface area contributed by atoms with Crippen LogP contribution in [0.2, 0.25) is 0 Å². The van der Waals surface area contributed by atoms with Gasteiger partial charge in [-0.05, 0) is 42.5 Å². The molecule has 0 bridgehead atoms. The summed E-state index contributed by atoms with van der Waals surface area (Å²) in [5.74, 6) is 0.442. The highest BCUT2D eigenvalue weighted by Gasteiger charge is 2.17. The molecule has 0 atom stereocenters. The number of pyridine rings is 1. The summed E-state index contributed by atoms with van der Waals surface area (Å²) in [6, 6.07) is 13.1. The first-order valence-electron chi connectivity index (χ1n) is 8.98. The third kappa shape index (κ3) is 4.67. The molecule has 3 aromatic rings. The number of nitrogens with zero attached hydrogens (tertiary/aromatic N) is 1. The number of hydrogen-bond donors (Lipinski definition) is 2. The van der Waals surface area contributed by atoms with Gasteiger partial charge in [0.25, 0.3) is 11.8 Å². The molecule has 0 aliphatic carbocycles. The van der Waals surface area contributed by atoms with Crippen molar-refractivity contribution in [1.82, 2.24) is 4.98 Å². The maximum absolute atomic E-state index is 12.8. The Balaban J connectivity index is 1.79. The summed E-state index contributed by atoms with van der Waals surface area (Å²) in [7, 11) is 4.44. The Kier molecular flexibility index (Phi) is 6.49. The van der Waals surface area contributed by atoms with Crippen LogP contribution in [-0.2, 0) is 0 Å². The molecule has 30 heavy (non-hydrogen) atoms. The van der Waals surface area contributed by atoms with Gasteiger partial charge < -0.3 is 24.8 Å². The third-order valence-corrected chi connectivity index (χ3v) is 4.25. The van der Waals surface area contributed by atoms with Crippen molar-refractivity contribution in [1.29, 1.82) is 0 Å². The maximum Gasteiger partial charge on any atom is 0.255 e. The van der Waals surface area contributed by atoms with Gasteiger partial charge in [0.1, 0.15) is 0 Å². The summed E-state index contributed by atoms with van der Waals surface area (Å²) < 4.78 is 15.8. The lowest BCUT2D eigenvalue weighted by molar-refractivity contribution is 0.101. The normalized spacial score (nSPS) is 10.1. The molecule has 0 saturated carbocycles. The van der Waals surface area contributed by atoms with Crippen LogP contribution >= 0.6 is 0 Å². The van der Waals surface area contributed by atoms with E-state index < -0.39 is 0 Å². The number of carbonyl (C=O) groups is 2. The fourth-order valence-corrected chi connectivity index (χ4v) is 2.79. The van der Waals surface area contributed by atoms with E-state index in [9.17, 15) is 9.59 Å². The number of rotatable bonds is 7. The van der Waals surface area contributed by atoms with Gasteiger partial charge >= 0.3 is 0 Å². The Morgan fingerprint density at radius 3 is 1.93 bits per heavy atom. The summed E-state index contributed by atoms with van der Waals surface area (Å²) in [6.45, 7) is 0. The van der Waals surface area contributed by atoms with Gasteiger partial charge in [-0.2, -0.15) is 0 Å². The molecule has 154 valence electrons. The molecule has 0 fully saturated rings. The van der Waals surface area contributed by atoms with Gasteiger partial charge in [-0.25, -0.2) is 0 Å². The minimum Gasteiger partial charge on any atom is -0.493 e. The van der Waals surface area contributed by atoms with Crippen molar-refractivity contribution in [3.63, 3.8) is 0 Å². The number of anilines is 2. The van der Waals surface area contributed by atoms with Crippen LogP contribution in [0.15, 0.2) is 60.9 Å². The van der Waals surface area contributed by atoms with Gasteiger partial charge in [-0.15, -0.1) is 0 Å². The van der Waals surface area contributed by atoms with Gasteiger partial charge in [0.2, 0.25) is 5.75 Å². The first-order valence-corrected chi connectivity index (χ1v) is 8.98. The molecule has 2 N–H and O–H groups in total. The largest absolute Gasteiger partial charge is 0.493 e. The van der Waals surface area contributed by atoms with Crippen LogP contribution in [0, 0.1) is 0 Å². The van der Waals surface area contributed by atoms with Crippen molar-refractivity contribution < 1.29 is 23.8 Å². The molecular formula is C22H21N3O5. The standard InChI is InChI=1S/C22H21N3O5/c1-28-18-12-15(13-19(29-2)20(18)30-3)22(27)25-17-6-4-5-14(11-17)21(26)24-16-7-9-23-10-8-16/h4-13H,1-3H3,(H,25,27)(H,23,24,26). The highest BCUT2D eigenvalue weighted by molar-refractivity contribution is 6.07. The van der Waals surface area contributed by atoms with Crippen molar-refractivity contribution >= 4 is 23.2 Å². The molecule has 0 spiro atoms. The average Bonchev–Trinajstić information content (AvgIpc) is 2.78. The lowest BCUT2D eigenvalue weighted by Gasteiger charge is -2.14. The Labute approximate surface area is 173 Å². The van der Waals surface area contributed by atoms with E-state index in [1.54, 1.807) is 60.9 Å². The third-order valence-electron chi connectivity index (χ3n) is 4.25. The van der Waals surface area contributed by atoms with Gasteiger partial charge in [0.05, 0.1) is 21.3 Å². The monoisotopic (exact) mass is 407 g/mol. The molecule has 0 unspecified atom stereocenters. The van der Waals surface area contributed by atoms with E-state index in [-0.39, 0.29) is 11.8 Å². The summed E-state index contributed by atoms with van der Waals surface area (Å²) >= 11 is 0. The number of methoxy groups -OCH3 is 3. The number of hydrogen-bond acceptors (Lipinski definition) is 6. The van der Waals surface area contributed by atoms with E-state index in [4.69, 9.17) is 14.2 Å². The van der Waals surface area contributed by atoms with Crippen LogP contribution in [0.3, 0.4) is 0 Å². The van der Waals surface area contributed by atoms with Crippen molar-refractivity contribution in [2.75, 3.05) is 32.0 Å². The molecule has 1 heterocycles. The highest BCUT2D eigenvalue weighted by atomic mass is 16.5. The van der Waals surface area contributed by atoms with E-state index in [0.29, 0.717) is 39.8 Å². The second-order valence-corrected chi connectivity index (χ2v) is 6.14. The zero-order valence-corrected chi connectivity index (χ0v) is 16.8. The van der Waals surface area contributed by atoms with Gasteiger partial charge in [-0.1, -0.05) is 6.07 Å². The highest BCUT2D eigenvalue weighted by Crippen LogP contribution is 2.38. The molecule has 0 saturated heterocycles. The first kappa shape index (κ1) is 20.7. The quantitative estimate of drug-likeness (QED) is 0.621. The first-order chi connectivity index (χ1) is 14.5. The molecule has 1 aromatic heterocycles. The van der Waals surface area contributed by atoms with Crippen molar-refractivity contribution in [3.8, 4) is 17.2 Å². The SMILES string of the molecule is COc1cc(C(=O)Nc2cccc(C(=O)Nc3ccncc3)c2)cc(OC)c1OC. The predicted octanol–water partition coefficient (Wildman–Crippen LogP) is 3.61. The van der Waals surface area contributed by atoms with Gasteiger partial charge in [-0.3, -0.25) is 14.6 Å². The topological polar surface area (TPSA) is 98.8 Å². The molecule has 2 aromatic carbocycles. The van der Waals surface area contributed by atoms with Crippen LogP contribution in [0.25, 0.3) is 0 Å². The fraction of sp³-hybridized carbons (Fsp3) is 0.136. The van der Waals surface area contributed by atoms with E-state index in [1.165, 1.54) is 21.3 Å². The summed E-state index contributed by atoms with van der Waals surface area (Å²) in [5, 5.41) is 5.55. The molecule has 8 heteroatoms. The minimum atomic E-state index is -0.388. The molecule has 8 nitrogen and oxygen atoms in total. The maximum atomic E-state index is 12.8. The lowest BCUT2D eigenvalue weighted by Crippen LogP contribution is -2.15. The summed E-state index contributed by atoms with van der Waals surface area (Å²) in [4.78, 5) is 29.1. The van der Waals surface area contributed by atoms with Crippen molar-refractivity contribution in [3.05, 3.63) is 72.1 Å². The van der Waals surface area contributed by atoms with Gasteiger partial charge in [0, 0.05) is 34.9 Å². The summed E-state index contributed by atoms with van der Waals surface area (Å²) in [6.07, 6.45) is 3.17. The zero-order chi connectivity index (χ0) is 21.5. The predicted molar refractivity (Wildman–Crippen MR) is 113 cm³/mol. The Bertz CT molecular complexity index is 1030. The fourth-order valence-electron chi connectivity index (χ4n) is 2.79. The van der Waals surface area contributed by atoms with E-state index >= 15 is 0 Å². The van der Waals surface area contributed by atoms with E-state index in [0.717, 1.165) is 0 Å². The second kappa shape index (κ2) is 9.42. The van der Waals surface area contributed by atoms with Crippen molar-refractivity contribution in [2.24, 2.45) is 0 Å². The number of benzene rings is 2. The Morgan fingerprint density at radius 2 is 1.33 bits per heavy atom. The Morgan fingerprint density at radius 1 is 0.733 bits per heavy atom. The van der Waals surface area contributed by atoms with Crippen molar-refractivity contribution in [2.45, 2.75) is 0 Å². The van der Waals surface area contributed by atoms with Crippen LogP contribution in [0.1, 0.15) is 20.7 Å². The smallest absolute Gasteiger partial charge is 0.255 e. The van der Waals surface area contributed by atoms with Crippen LogP contribution in [-0.4, -0.2) is 38.1 Å². The number of aromatic nitrogens is 1. The molecular weight excluding hydrogens is 386 g/mol. The average molecular weight is 407 g/mol. The second-order valence-electron chi connectivity index (χ2n) is 6.14. The number of ether oxygens (including phenoxy) is 3. The van der Waals surface area contributed by atoms with Gasteiger partial charge in [0.15, 0.2) is 11.5 Å². The molecule has 2 amide bonds. The molecule has 0 aliphatic rings. The molecule has 0 aliphatic heterocycles. The number of nitrogens with one attached hydrogen (secondary N) is 2. The minimum absolute atomic E-state index is 0.301. The molecule has 0 radical (unpaired) electrons. The van der Waals surface area contributed by atoms with E-state index in [1.807, 2.05) is 0 Å². The zero-order valence-electron chi connectivity index (χ0n) is 16.8. The number of carbonyl (C=O) groups excluding carboxylic acids is 2. The van der Waals surface area contributed by atoms with Crippen LogP contribution in [0.4, 0.5) is 11.4 Å². The van der Waals surface area contributed by atoms with E-state index in [2.05, 4.69) is 15.6 Å². The van der Waals surface area contributed by atoms with Crippen LogP contribution in [0.5, 0.6) is 17.2 Å². The Hall–Kier alpha value is -4.07. The lowest BCUT2D eigenvalue weighted by atomic mass is 10.1.